The molecule has 6 heteroatoms. The third-order valence-corrected chi connectivity index (χ3v) is 8.48. The molecule has 2 aliphatic rings. The number of aryl methyl sites for hydroxylation is 1. The fourth-order valence-corrected chi connectivity index (χ4v) is 6.61. The van der Waals surface area contributed by atoms with E-state index in [-0.39, 0.29) is 5.75 Å². The molecule has 1 aromatic heterocycles. The van der Waals surface area contributed by atoms with Crippen molar-refractivity contribution in [3.8, 4) is 0 Å². The molecule has 26 heavy (non-hydrogen) atoms. The minimum Gasteiger partial charge on any atom is -0.296 e. The first-order valence-electron chi connectivity index (χ1n) is 9.34. The Morgan fingerprint density at radius 3 is 2.73 bits per heavy atom. The lowest BCUT2D eigenvalue weighted by molar-refractivity contribution is 0.127. The van der Waals surface area contributed by atoms with Crippen LogP contribution in [0.1, 0.15) is 34.4 Å². The maximum Gasteiger partial charge on any atom is 0.218 e. The lowest BCUT2D eigenvalue weighted by Gasteiger charge is -2.39. The lowest BCUT2D eigenvalue weighted by atomic mass is 10.0. The summed E-state index contributed by atoms with van der Waals surface area (Å²) < 4.78 is 27.3. The van der Waals surface area contributed by atoms with Gasteiger partial charge in [-0.3, -0.25) is 4.90 Å². The summed E-state index contributed by atoms with van der Waals surface area (Å²) in [7, 11) is -3.23. The van der Waals surface area contributed by atoms with Gasteiger partial charge in [0, 0.05) is 37.1 Å². The number of hydrogen-bond acceptors (Lipinski definition) is 4. The zero-order valence-corrected chi connectivity index (χ0v) is 16.9. The SMILES string of the molecule is Cc1cccc(CS(=O)(=O)N2CCC(N3CCc4sccc4C3)CC2)c1. The first kappa shape index (κ1) is 18.2. The Morgan fingerprint density at radius 1 is 1.15 bits per heavy atom. The monoisotopic (exact) mass is 390 g/mol. The molecule has 0 spiro atoms. The Bertz CT molecular complexity index is 867. The molecule has 1 saturated heterocycles. The van der Waals surface area contributed by atoms with Gasteiger partial charge in [-0.25, -0.2) is 12.7 Å². The number of nitrogens with zero attached hydrogens (tertiary/aromatic N) is 2. The van der Waals surface area contributed by atoms with E-state index in [4.69, 9.17) is 0 Å². The van der Waals surface area contributed by atoms with E-state index in [1.54, 1.807) is 4.31 Å². The molecule has 1 aromatic carbocycles. The average molecular weight is 391 g/mol. The molecule has 0 atom stereocenters. The highest BCUT2D eigenvalue weighted by atomic mass is 32.2. The van der Waals surface area contributed by atoms with Crippen LogP contribution < -0.4 is 0 Å². The van der Waals surface area contributed by atoms with Crippen molar-refractivity contribution in [2.75, 3.05) is 19.6 Å². The van der Waals surface area contributed by atoms with Gasteiger partial charge in [0.15, 0.2) is 0 Å². The molecule has 0 amide bonds. The van der Waals surface area contributed by atoms with Gasteiger partial charge in [-0.1, -0.05) is 29.8 Å². The number of fused-ring (bicyclic) bond motifs is 1. The fraction of sp³-hybridized carbons (Fsp3) is 0.500. The molecule has 2 aromatic rings. The van der Waals surface area contributed by atoms with Crippen molar-refractivity contribution in [1.82, 2.24) is 9.21 Å². The van der Waals surface area contributed by atoms with Crippen molar-refractivity contribution in [3.05, 3.63) is 57.3 Å². The zero-order chi connectivity index (χ0) is 18.1. The van der Waals surface area contributed by atoms with E-state index in [1.807, 2.05) is 42.5 Å². The molecule has 140 valence electrons. The minimum atomic E-state index is -3.23. The molecule has 4 nitrogen and oxygen atoms in total. The smallest absolute Gasteiger partial charge is 0.218 e. The minimum absolute atomic E-state index is 0.112. The van der Waals surface area contributed by atoms with Crippen LogP contribution >= 0.6 is 11.3 Å². The van der Waals surface area contributed by atoms with Crippen molar-refractivity contribution in [1.29, 1.82) is 0 Å². The van der Waals surface area contributed by atoms with Crippen LogP contribution in [0.2, 0.25) is 0 Å². The Labute approximate surface area is 160 Å². The summed E-state index contributed by atoms with van der Waals surface area (Å²) in [6.45, 7) is 5.42. The van der Waals surface area contributed by atoms with E-state index in [9.17, 15) is 8.42 Å². The van der Waals surface area contributed by atoms with Crippen molar-refractivity contribution in [2.45, 2.75) is 44.5 Å². The maximum absolute atomic E-state index is 12.8. The van der Waals surface area contributed by atoms with Gasteiger partial charge >= 0.3 is 0 Å². The van der Waals surface area contributed by atoms with Crippen LogP contribution in [0.3, 0.4) is 0 Å². The van der Waals surface area contributed by atoms with Crippen LogP contribution in [-0.4, -0.2) is 43.3 Å². The topological polar surface area (TPSA) is 40.6 Å². The predicted octanol–water partition coefficient (Wildman–Crippen LogP) is 3.41. The summed E-state index contributed by atoms with van der Waals surface area (Å²) in [5.74, 6) is 0.112. The van der Waals surface area contributed by atoms with Crippen LogP contribution in [-0.2, 0) is 28.7 Å². The van der Waals surface area contributed by atoms with E-state index in [0.717, 1.165) is 43.5 Å². The summed E-state index contributed by atoms with van der Waals surface area (Å²) in [6.07, 6.45) is 3.01. The number of sulfonamides is 1. The van der Waals surface area contributed by atoms with E-state index >= 15 is 0 Å². The first-order chi connectivity index (χ1) is 12.5. The van der Waals surface area contributed by atoms with Gasteiger partial charge < -0.3 is 0 Å². The molecule has 0 aliphatic carbocycles. The van der Waals surface area contributed by atoms with Crippen molar-refractivity contribution in [2.24, 2.45) is 0 Å². The van der Waals surface area contributed by atoms with Gasteiger partial charge in [0.1, 0.15) is 0 Å². The maximum atomic E-state index is 12.8. The third-order valence-electron chi connectivity index (χ3n) is 5.60. The van der Waals surface area contributed by atoms with Gasteiger partial charge in [-0.2, -0.15) is 0 Å². The summed E-state index contributed by atoms with van der Waals surface area (Å²) in [5.41, 5.74) is 3.46. The highest BCUT2D eigenvalue weighted by Gasteiger charge is 2.32. The number of hydrogen-bond donors (Lipinski definition) is 0. The van der Waals surface area contributed by atoms with Crippen LogP contribution in [0.4, 0.5) is 0 Å². The molecule has 4 rings (SSSR count). The first-order valence-corrected chi connectivity index (χ1v) is 11.8. The molecule has 0 bridgehead atoms. The van der Waals surface area contributed by atoms with E-state index in [1.165, 1.54) is 10.4 Å². The zero-order valence-electron chi connectivity index (χ0n) is 15.2. The van der Waals surface area contributed by atoms with E-state index < -0.39 is 10.0 Å². The van der Waals surface area contributed by atoms with E-state index in [0.29, 0.717) is 19.1 Å². The average Bonchev–Trinajstić information content (AvgIpc) is 3.09. The second-order valence-corrected chi connectivity index (χ2v) is 10.4. The van der Waals surface area contributed by atoms with Crippen molar-refractivity contribution < 1.29 is 8.42 Å². The number of piperidine rings is 1. The molecule has 3 heterocycles. The van der Waals surface area contributed by atoms with E-state index in [2.05, 4.69) is 16.3 Å². The summed E-state index contributed by atoms with van der Waals surface area (Å²) >= 11 is 1.87. The third kappa shape index (κ3) is 3.88. The summed E-state index contributed by atoms with van der Waals surface area (Å²) in [5, 5.41) is 2.19. The highest BCUT2D eigenvalue weighted by molar-refractivity contribution is 7.88. The van der Waals surface area contributed by atoms with Crippen LogP contribution in [0.5, 0.6) is 0 Å². The molecule has 2 aliphatic heterocycles. The molecular formula is C20H26N2O2S2. The molecule has 0 unspecified atom stereocenters. The molecule has 1 fully saturated rings. The van der Waals surface area contributed by atoms with Gasteiger partial charge in [0.25, 0.3) is 0 Å². The van der Waals surface area contributed by atoms with Crippen LogP contribution in [0.15, 0.2) is 35.7 Å². The second kappa shape index (κ2) is 7.43. The van der Waals surface area contributed by atoms with Crippen molar-refractivity contribution >= 4 is 21.4 Å². The molecular weight excluding hydrogens is 364 g/mol. The quantitative estimate of drug-likeness (QED) is 0.803. The Balaban J connectivity index is 1.36. The Hall–Kier alpha value is -1.21. The van der Waals surface area contributed by atoms with Gasteiger partial charge in [-0.05, 0) is 48.8 Å². The number of benzene rings is 1. The lowest BCUT2D eigenvalue weighted by Crippen LogP contribution is -2.48. The number of thiophene rings is 1. The largest absolute Gasteiger partial charge is 0.296 e. The Morgan fingerprint density at radius 2 is 1.96 bits per heavy atom. The normalized spacial score (nSPS) is 20.2. The van der Waals surface area contributed by atoms with Gasteiger partial charge in [-0.15, -0.1) is 11.3 Å². The second-order valence-electron chi connectivity index (χ2n) is 7.46. The summed E-state index contributed by atoms with van der Waals surface area (Å²) in [4.78, 5) is 4.08. The highest BCUT2D eigenvalue weighted by Crippen LogP contribution is 2.29. The van der Waals surface area contributed by atoms with Crippen LogP contribution in [0.25, 0.3) is 0 Å². The van der Waals surface area contributed by atoms with Gasteiger partial charge in [0.05, 0.1) is 5.75 Å². The Kier molecular flexibility index (Phi) is 5.19. The number of rotatable bonds is 4. The van der Waals surface area contributed by atoms with Crippen molar-refractivity contribution in [3.63, 3.8) is 0 Å². The van der Waals surface area contributed by atoms with Crippen LogP contribution in [0, 0.1) is 6.92 Å². The standard InChI is InChI=1S/C20H26N2O2S2/c1-16-3-2-4-17(13-16)15-26(23,24)22-10-5-19(6-11-22)21-9-7-20-18(14-21)8-12-25-20/h2-4,8,12-13,19H,5-7,9-11,14-15H2,1H3. The molecule has 0 N–H and O–H groups in total. The fourth-order valence-electron chi connectivity index (χ4n) is 4.17. The molecule has 0 saturated carbocycles. The predicted molar refractivity (Wildman–Crippen MR) is 107 cm³/mol. The van der Waals surface area contributed by atoms with Gasteiger partial charge in [0.2, 0.25) is 10.0 Å². The molecule has 0 radical (unpaired) electrons. The summed E-state index contributed by atoms with van der Waals surface area (Å²) in [6, 6.07) is 10.6.